The number of nitrogens with zero attached hydrogens (tertiary/aromatic N) is 1. The molecule has 2 fully saturated rings. The van der Waals surface area contributed by atoms with Gasteiger partial charge in [0.1, 0.15) is 6.04 Å². The van der Waals surface area contributed by atoms with Gasteiger partial charge in [-0.25, -0.2) is 0 Å². The van der Waals surface area contributed by atoms with Crippen LogP contribution in [0.2, 0.25) is 0 Å². The summed E-state index contributed by atoms with van der Waals surface area (Å²) in [6, 6.07) is 4.28. The second kappa shape index (κ2) is 6.45. The second-order valence-electron chi connectivity index (χ2n) is 6.32. The van der Waals surface area contributed by atoms with Crippen molar-refractivity contribution in [3.8, 4) is 0 Å². The number of carbonyl (C=O) groups is 2. The van der Waals surface area contributed by atoms with Gasteiger partial charge in [-0.15, -0.1) is 0 Å². The van der Waals surface area contributed by atoms with Crippen LogP contribution in [-0.2, 0) is 15.8 Å². The van der Waals surface area contributed by atoms with Gasteiger partial charge in [-0.1, -0.05) is 12.1 Å². The van der Waals surface area contributed by atoms with Crippen LogP contribution in [0.3, 0.4) is 0 Å². The molecule has 0 aliphatic carbocycles. The molecule has 1 aromatic rings. The number of halogens is 3. The SMILES string of the molecule is O=C1CCC(C(=O)N2CCCCC2c2ccc(C(F)(F)F)cc2)N1. The van der Waals surface area contributed by atoms with Crippen LogP contribution >= 0.6 is 0 Å². The number of benzene rings is 1. The molecule has 2 unspecified atom stereocenters. The van der Waals surface area contributed by atoms with E-state index in [1.165, 1.54) is 12.1 Å². The third-order valence-corrected chi connectivity index (χ3v) is 4.70. The monoisotopic (exact) mass is 340 g/mol. The first-order valence-electron chi connectivity index (χ1n) is 8.13. The normalized spacial score (nSPS) is 24.8. The number of alkyl halides is 3. The lowest BCUT2D eigenvalue weighted by Gasteiger charge is -2.37. The standard InChI is InChI=1S/C17H19F3N2O2/c18-17(19,20)12-6-4-11(5-7-12)14-3-1-2-10-22(14)16(24)13-8-9-15(23)21-13/h4-7,13-14H,1-3,8-10H2,(H,21,23). The molecule has 130 valence electrons. The fourth-order valence-corrected chi connectivity index (χ4v) is 3.44. The lowest BCUT2D eigenvalue weighted by Crippen LogP contribution is -2.47. The van der Waals surface area contributed by atoms with Crippen LogP contribution in [0.15, 0.2) is 24.3 Å². The summed E-state index contributed by atoms with van der Waals surface area (Å²) >= 11 is 0. The number of piperidine rings is 1. The molecular formula is C17H19F3N2O2. The van der Waals surface area contributed by atoms with Gasteiger partial charge in [-0.3, -0.25) is 9.59 Å². The van der Waals surface area contributed by atoms with Crippen LogP contribution in [0.5, 0.6) is 0 Å². The predicted molar refractivity (Wildman–Crippen MR) is 80.9 cm³/mol. The van der Waals surface area contributed by atoms with E-state index in [1.54, 1.807) is 4.90 Å². The molecule has 2 amide bonds. The quantitative estimate of drug-likeness (QED) is 0.900. The minimum atomic E-state index is -4.37. The van der Waals surface area contributed by atoms with E-state index >= 15 is 0 Å². The number of likely N-dealkylation sites (tertiary alicyclic amines) is 1. The van der Waals surface area contributed by atoms with Crippen molar-refractivity contribution in [2.75, 3.05) is 6.54 Å². The van der Waals surface area contributed by atoms with Crippen molar-refractivity contribution in [1.29, 1.82) is 0 Å². The van der Waals surface area contributed by atoms with Crippen LogP contribution in [0.25, 0.3) is 0 Å². The summed E-state index contributed by atoms with van der Waals surface area (Å²) < 4.78 is 38.1. The first-order valence-corrected chi connectivity index (χ1v) is 8.13. The second-order valence-corrected chi connectivity index (χ2v) is 6.32. The molecule has 0 bridgehead atoms. The molecule has 4 nitrogen and oxygen atoms in total. The van der Waals surface area contributed by atoms with Crippen molar-refractivity contribution >= 4 is 11.8 Å². The lowest BCUT2D eigenvalue weighted by atomic mass is 9.93. The van der Waals surface area contributed by atoms with E-state index in [-0.39, 0.29) is 17.9 Å². The van der Waals surface area contributed by atoms with Crippen LogP contribution in [-0.4, -0.2) is 29.3 Å². The highest BCUT2D eigenvalue weighted by Gasteiger charge is 2.36. The van der Waals surface area contributed by atoms with E-state index in [4.69, 9.17) is 0 Å². The molecule has 2 saturated heterocycles. The number of hydrogen-bond donors (Lipinski definition) is 1. The highest BCUT2D eigenvalue weighted by Crippen LogP contribution is 2.34. The Labute approximate surface area is 138 Å². The Hall–Kier alpha value is -2.05. The third-order valence-electron chi connectivity index (χ3n) is 4.70. The summed E-state index contributed by atoms with van der Waals surface area (Å²) in [6.45, 7) is 0.566. The summed E-state index contributed by atoms with van der Waals surface area (Å²) in [4.78, 5) is 25.7. The summed E-state index contributed by atoms with van der Waals surface area (Å²) in [5.74, 6) is -0.262. The number of carbonyl (C=O) groups excluding carboxylic acids is 2. The van der Waals surface area contributed by atoms with Crippen molar-refractivity contribution in [3.05, 3.63) is 35.4 Å². The Morgan fingerprint density at radius 2 is 1.83 bits per heavy atom. The Balaban J connectivity index is 1.79. The zero-order valence-corrected chi connectivity index (χ0v) is 13.1. The molecule has 1 aromatic carbocycles. The third kappa shape index (κ3) is 3.39. The molecule has 0 spiro atoms. The summed E-state index contributed by atoms with van der Waals surface area (Å²) in [7, 11) is 0. The average molecular weight is 340 g/mol. The fourth-order valence-electron chi connectivity index (χ4n) is 3.44. The van der Waals surface area contributed by atoms with E-state index in [1.807, 2.05) is 0 Å². The molecule has 2 atom stereocenters. The first kappa shape index (κ1) is 16.8. The number of amides is 2. The molecule has 0 aromatic heterocycles. The molecular weight excluding hydrogens is 321 g/mol. The van der Waals surface area contributed by atoms with Gasteiger partial charge in [0.25, 0.3) is 0 Å². The maximum absolute atomic E-state index is 12.7. The fraction of sp³-hybridized carbons (Fsp3) is 0.529. The number of hydrogen-bond acceptors (Lipinski definition) is 2. The molecule has 3 rings (SSSR count). The van der Waals surface area contributed by atoms with Crippen molar-refractivity contribution < 1.29 is 22.8 Å². The van der Waals surface area contributed by atoms with Crippen LogP contribution in [0.1, 0.15) is 49.3 Å². The van der Waals surface area contributed by atoms with Gasteiger partial charge in [-0.05, 0) is 43.4 Å². The van der Waals surface area contributed by atoms with Crippen LogP contribution in [0, 0.1) is 0 Å². The minimum Gasteiger partial charge on any atom is -0.344 e. The molecule has 0 saturated carbocycles. The first-order chi connectivity index (χ1) is 11.4. The van der Waals surface area contributed by atoms with Gasteiger partial charge in [0, 0.05) is 13.0 Å². The molecule has 1 N–H and O–H groups in total. The van der Waals surface area contributed by atoms with E-state index in [0.29, 0.717) is 24.9 Å². The maximum atomic E-state index is 12.7. The Morgan fingerprint density at radius 3 is 2.42 bits per heavy atom. The van der Waals surface area contributed by atoms with E-state index in [9.17, 15) is 22.8 Å². The van der Waals surface area contributed by atoms with E-state index in [2.05, 4.69) is 5.32 Å². The smallest absolute Gasteiger partial charge is 0.344 e. The Kier molecular flexibility index (Phi) is 4.51. The summed E-state index contributed by atoms with van der Waals surface area (Å²) in [6.07, 6.45) is -1.04. The zero-order valence-electron chi connectivity index (χ0n) is 13.1. The largest absolute Gasteiger partial charge is 0.416 e. The summed E-state index contributed by atoms with van der Waals surface area (Å²) in [5.41, 5.74) is 0.0170. The van der Waals surface area contributed by atoms with Crippen LogP contribution < -0.4 is 5.32 Å². The molecule has 2 heterocycles. The Bertz CT molecular complexity index is 628. The topological polar surface area (TPSA) is 49.4 Å². The Morgan fingerprint density at radius 1 is 1.12 bits per heavy atom. The molecule has 7 heteroatoms. The summed E-state index contributed by atoms with van der Waals surface area (Å²) in [5, 5.41) is 2.67. The number of rotatable bonds is 2. The molecule has 0 radical (unpaired) electrons. The van der Waals surface area contributed by atoms with Gasteiger partial charge < -0.3 is 10.2 Å². The van der Waals surface area contributed by atoms with Gasteiger partial charge >= 0.3 is 6.18 Å². The molecule has 2 aliphatic rings. The van der Waals surface area contributed by atoms with Crippen LogP contribution in [0.4, 0.5) is 13.2 Å². The van der Waals surface area contributed by atoms with Gasteiger partial charge in [0.2, 0.25) is 11.8 Å². The lowest BCUT2D eigenvalue weighted by molar-refractivity contribution is -0.138. The molecule has 2 aliphatic heterocycles. The highest BCUT2D eigenvalue weighted by atomic mass is 19.4. The van der Waals surface area contributed by atoms with Gasteiger partial charge in [-0.2, -0.15) is 13.2 Å². The van der Waals surface area contributed by atoms with Crippen molar-refractivity contribution in [2.45, 2.75) is 50.4 Å². The van der Waals surface area contributed by atoms with E-state index in [0.717, 1.165) is 31.4 Å². The minimum absolute atomic E-state index is 0.128. The maximum Gasteiger partial charge on any atom is 0.416 e. The van der Waals surface area contributed by atoms with E-state index < -0.39 is 17.8 Å². The zero-order chi connectivity index (χ0) is 17.3. The van der Waals surface area contributed by atoms with Crippen molar-refractivity contribution in [2.24, 2.45) is 0 Å². The highest BCUT2D eigenvalue weighted by molar-refractivity contribution is 5.91. The predicted octanol–water partition coefficient (Wildman–Crippen LogP) is 3.04. The van der Waals surface area contributed by atoms with Gasteiger partial charge in [0.05, 0.1) is 11.6 Å². The average Bonchev–Trinajstić information content (AvgIpc) is 3.00. The van der Waals surface area contributed by atoms with Gasteiger partial charge in [0.15, 0.2) is 0 Å². The molecule has 24 heavy (non-hydrogen) atoms. The number of nitrogens with one attached hydrogen (secondary N) is 1. The van der Waals surface area contributed by atoms with Crippen molar-refractivity contribution in [3.63, 3.8) is 0 Å². The van der Waals surface area contributed by atoms with Crippen molar-refractivity contribution in [1.82, 2.24) is 10.2 Å².